The third kappa shape index (κ3) is 5.42. The first kappa shape index (κ1) is 13.4. The quantitative estimate of drug-likeness (QED) is 0.696. The van der Waals surface area contributed by atoms with E-state index in [1.165, 1.54) is 0 Å². The summed E-state index contributed by atoms with van der Waals surface area (Å²) in [7, 11) is 0. The van der Waals surface area contributed by atoms with E-state index in [1.54, 1.807) is 6.92 Å². The molecule has 0 bridgehead atoms. The summed E-state index contributed by atoms with van der Waals surface area (Å²) in [6.45, 7) is 4.75. The van der Waals surface area contributed by atoms with E-state index in [2.05, 4.69) is 10.2 Å². The minimum absolute atomic E-state index is 0.0759. The molecule has 1 aliphatic rings. The minimum Gasteiger partial charge on any atom is -0.393 e. The van der Waals surface area contributed by atoms with Gasteiger partial charge in [-0.25, -0.2) is 0 Å². The molecule has 16 heavy (non-hydrogen) atoms. The maximum Gasteiger partial charge on any atom is 0.217 e. The first-order valence-corrected chi connectivity index (χ1v) is 6.26. The van der Waals surface area contributed by atoms with Gasteiger partial charge in [0.25, 0.3) is 0 Å². The number of carbonyl (C=O) groups is 1. The van der Waals surface area contributed by atoms with Gasteiger partial charge in [0.15, 0.2) is 0 Å². The second-order valence-corrected chi connectivity index (χ2v) is 4.91. The van der Waals surface area contributed by atoms with Crippen molar-refractivity contribution in [2.45, 2.75) is 38.6 Å². The van der Waals surface area contributed by atoms with Crippen LogP contribution in [0.3, 0.4) is 0 Å². The number of thiocarbonyl (C=S) groups is 1. The van der Waals surface area contributed by atoms with Crippen molar-refractivity contribution in [3.63, 3.8) is 0 Å². The van der Waals surface area contributed by atoms with E-state index in [-0.39, 0.29) is 5.91 Å². The summed E-state index contributed by atoms with van der Waals surface area (Å²) in [6.07, 6.45) is 3.97. The van der Waals surface area contributed by atoms with Crippen LogP contribution in [0, 0.1) is 0 Å². The van der Waals surface area contributed by atoms with Crippen molar-refractivity contribution < 1.29 is 4.79 Å². The predicted molar refractivity (Wildman–Crippen MR) is 69.3 cm³/mol. The molecule has 1 saturated heterocycles. The number of amides is 1. The Hall–Kier alpha value is -0.680. The third-order valence-electron chi connectivity index (χ3n) is 2.89. The normalized spacial score (nSPS) is 18.3. The molecule has 0 aromatic carbocycles. The van der Waals surface area contributed by atoms with Gasteiger partial charge in [0.2, 0.25) is 5.91 Å². The summed E-state index contributed by atoms with van der Waals surface area (Å²) in [5, 5.41) is 2.97. The summed E-state index contributed by atoms with van der Waals surface area (Å²) in [6, 6.07) is 0.365. The molecule has 1 aliphatic heterocycles. The van der Waals surface area contributed by atoms with Gasteiger partial charge in [0.05, 0.1) is 4.99 Å². The van der Waals surface area contributed by atoms with Gasteiger partial charge in [0, 0.05) is 26.1 Å². The lowest BCUT2D eigenvalue weighted by atomic mass is 10.0. The molecule has 0 spiro atoms. The van der Waals surface area contributed by atoms with Crippen LogP contribution in [0.4, 0.5) is 0 Å². The van der Waals surface area contributed by atoms with Gasteiger partial charge in [-0.15, -0.1) is 0 Å². The lowest BCUT2D eigenvalue weighted by molar-refractivity contribution is -0.119. The summed E-state index contributed by atoms with van der Waals surface area (Å²) < 4.78 is 0. The fourth-order valence-corrected chi connectivity index (χ4v) is 2.21. The Morgan fingerprint density at radius 1 is 1.50 bits per heavy atom. The molecule has 1 rings (SSSR count). The lowest BCUT2D eigenvalue weighted by Gasteiger charge is -2.32. The highest BCUT2D eigenvalue weighted by Gasteiger charge is 2.18. The zero-order valence-electron chi connectivity index (χ0n) is 9.87. The Labute approximate surface area is 103 Å². The monoisotopic (exact) mass is 243 g/mol. The molecule has 4 nitrogen and oxygen atoms in total. The van der Waals surface area contributed by atoms with Gasteiger partial charge >= 0.3 is 0 Å². The molecule has 5 heteroatoms. The third-order valence-corrected chi connectivity index (χ3v) is 3.10. The molecule has 3 N–H and O–H groups in total. The van der Waals surface area contributed by atoms with E-state index in [0.29, 0.717) is 11.0 Å². The van der Waals surface area contributed by atoms with Gasteiger partial charge in [-0.05, 0) is 32.2 Å². The van der Waals surface area contributed by atoms with Gasteiger partial charge in [-0.2, -0.15) is 0 Å². The summed E-state index contributed by atoms with van der Waals surface area (Å²) in [5.41, 5.74) is 5.45. The molecule has 1 heterocycles. The maximum absolute atomic E-state index is 10.9. The number of nitrogens with two attached hydrogens (primary N) is 1. The standard InChI is InChI=1S/C11H21N3OS/c1-9(15)13-10-4-7-14(8-5-10)6-2-3-11(12)16/h10H,2-8H2,1H3,(H2,12,16)(H,13,15). The van der Waals surface area contributed by atoms with Crippen LogP contribution in [0.2, 0.25) is 0 Å². The fraction of sp³-hybridized carbons (Fsp3) is 0.818. The van der Waals surface area contributed by atoms with Crippen LogP contribution in [-0.4, -0.2) is 41.5 Å². The molecule has 0 unspecified atom stereocenters. The largest absolute Gasteiger partial charge is 0.393 e. The average molecular weight is 243 g/mol. The van der Waals surface area contributed by atoms with E-state index in [0.717, 1.165) is 45.3 Å². The van der Waals surface area contributed by atoms with Crippen molar-refractivity contribution in [2.75, 3.05) is 19.6 Å². The lowest BCUT2D eigenvalue weighted by Crippen LogP contribution is -2.44. The number of piperidine rings is 1. The molecular formula is C11H21N3OS. The average Bonchev–Trinajstić information content (AvgIpc) is 2.19. The molecule has 0 saturated carbocycles. The van der Waals surface area contributed by atoms with E-state index in [9.17, 15) is 4.79 Å². The molecule has 92 valence electrons. The number of nitrogens with one attached hydrogen (secondary N) is 1. The molecule has 1 amide bonds. The first-order valence-electron chi connectivity index (χ1n) is 5.85. The van der Waals surface area contributed by atoms with Crippen molar-refractivity contribution in [1.29, 1.82) is 0 Å². The second-order valence-electron chi connectivity index (χ2n) is 4.39. The molecule has 1 fully saturated rings. The van der Waals surface area contributed by atoms with E-state index >= 15 is 0 Å². The van der Waals surface area contributed by atoms with E-state index < -0.39 is 0 Å². The van der Waals surface area contributed by atoms with Crippen molar-refractivity contribution >= 4 is 23.1 Å². The fourth-order valence-electron chi connectivity index (χ4n) is 2.07. The highest BCUT2D eigenvalue weighted by Crippen LogP contribution is 2.10. The van der Waals surface area contributed by atoms with Gasteiger partial charge in [-0.3, -0.25) is 4.79 Å². The summed E-state index contributed by atoms with van der Waals surface area (Å²) in [5.74, 6) is 0.0759. The molecule has 0 atom stereocenters. The molecule has 0 radical (unpaired) electrons. The van der Waals surface area contributed by atoms with Crippen LogP contribution < -0.4 is 11.1 Å². The Morgan fingerprint density at radius 3 is 2.62 bits per heavy atom. The van der Waals surface area contributed by atoms with Crippen molar-refractivity contribution in [2.24, 2.45) is 5.73 Å². The molecule has 0 aromatic heterocycles. The number of hydrogen-bond acceptors (Lipinski definition) is 3. The van der Waals surface area contributed by atoms with Crippen molar-refractivity contribution in [1.82, 2.24) is 10.2 Å². The Balaban J connectivity index is 2.12. The second kappa shape index (κ2) is 6.81. The zero-order valence-corrected chi connectivity index (χ0v) is 10.7. The van der Waals surface area contributed by atoms with Gasteiger partial charge in [-0.1, -0.05) is 12.2 Å². The van der Waals surface area contributed by atoms with Crippen LogP contribution >= 0.6 is 12.2 Å². The first-order chi connectivity index (χ1) is 7.58. The SMILES string of the molecule is CC(=O)NC1CCN(CCCC(N)=S)CC1. The van der Waals surface area contributed by atoms with Crippen molar-refractivity contribution in [3.05, 3.63) is 0 Å². The Morgan fingerprint density at radius 2 is 2.12 bits per heavy atom. The highest BCUT2D eigenvalue weighted by molar-refractivity contribution is 7.80. The van der Waals surface area contributed by atoms with Crippen LogP contribution in [-0.2, 0) is 4.79 Å². The molecule has 0 aromatic rings. The smallest absolute Gasteiger partial charge is 0.217 e. The van der Waals surface area contributed by atoms with Crippen LogP contribution in [0.15, 0.2) is 0 Å². The number of likely N-dealkylation sites (tertiary alicyclic amines) is 1. The Bertz CT molecular complexity index is 250. The Kier molecular flexibility index (Phi) is 5.69. The predicted octanol–water partition coefficient (Wildman–Crippen LogP) is 0.653. The van der Waals surface area contributed by atoms with Crippen LogP contribution in [0.1, 0.15) is 32.6 Å². The summed E-state index contributed by atoms with van der Waals surface area (Å²) >= 11 is 4.84. The topological polar surface area (TPSA) is 58.4 Å². The molecule has 0 aliphatic carbocycles. The van der Waals surface area contributed by atoms with Gasteiger partial charge in [0.1, 0.15) is 0 Å². The number of nitrogens with zero attached hydrogens (tertiary/aromatic N) is 1. The van der Waals surface area contributed by atoms with Crippen LogP contribution in [0.25, 0.3) is 0 Å². The number of rotatable bonds is 5. The zero-order chi connectivity index (χ0) is 12.0. The van der Waals surface area contributed by atoms with E-state index in [4.69, 9.17) is 18.0 Å². The van der Waals surface area contributed by atoms with E-state index in [1.807, 2.05) is 0 Å². The summed E-state index contributed by atoms with van der Waals surface area (Å²) in [4.78, 5) is 13.9. The molecular weight excluding hydrogens is 222 g/mol. The number of carbonyl (C=O) groups excluding carboxylic acids is 1. The van der Waals surface area contributed by atoms with Crippen molar-refractivity contribution in [3.8, 4) is 0 Å². The van der Waals surface area contributed by atoms with Crippen LogP contribution in [0.5, 0.6) is 0 Å². The minimum atomic E-state index is 0.0759. The van der Waals surface area contributed by atoms with Gasteiger partial charge < -0.3 is 16.0 Å². The number of hydrogen-bond donors (Lipinski definition) is 2. The highest BCUT2D eigenvalue weighted by atomic mass is 32.1. The maximum atomic E-state index is 10.9.